The normalized spacial score (nSPS) is 12.3. The minimum atomic E-state index is -0.522. The molecule has 1 N–H and O–H groups in total. The van der Waals surface area contributed by atoms with E-state index in [-0.39, 0.29) is 0 Å². The molecule has 0 aliphatic heterocycles. The van der Waals surface area contributed by atoms with Crippen LogP contribution in [0.1, 0.15) is 31.4 Å². The highest BCUT2D eigenvalue weighted by Crippen LogP contribution is 2.38. The third-order valence-electron chi connectivity index (χ3n) is 2.39. The molecule has 0 aromatic heterocycles. The maximum Gasteiger partial charge on any atom is 0.166 e. The zero-order chi connectivity index (χ0) is 12.1. The smallest absolute Gasteiger partial charge is 0.166 e. The van der Waals surface area contributed by atoms with Gasteiger partial charge in [-0.3, -0.25) is 0 Å². The lowest BCUT2D eigenvalue weighted by atomic mass is 10.0. The lowest BCUT2D eigenvalue weighted by Gasteiger charge is -2.17. The van der Waals surface area contributed by atoms with Crippen molar-refractivity contribution < 1.29 is 14.6 Å². The molecule has 1 unspecified atom stereocenters. The summed E-state index contributed by atoms with van der Waals surface area (Å²) in [6, 6.07) is 3.68. The Balaban J connectivity index is 3.19. The van der Waals surface area contributed by atoms with E-state index in [1.54, 1.807) is 14.2 Å². The molecule has 0 amide bonds. The van der Waals surface area contributed by atoms with Crippen molar-refractivity contribution in [1.29, 1.82) is 0 Å². The minimum absolute atomic E-state index is 0.522. The summed E-state index contributed by atoms with van der Waals surface area (Å²) in [5.41, 5.74) is 0.760. The Kier molecular flexibility index (Phi) is 5.09. The number of rotatable bonds is 5. The van der Waals surface area contributed by atoms with Gasteiger partial charge >= 0.3 is 0 Å². The molecule has 0 aliphatic carbocycles. The maximum atomic E-state index is 10.0. The van der Waals surface area contributed by atoms with Crippen molar-refractivity contribution in [3.63, 3.8) is 0 Å². The van der Waals surface area contributed by atoms with Gasteiger partial charge in [0.1, 0.15) is 0 Å². The van der Waals surface area contributed by atoms with Crippen molar-refractivity contribution in [2.24, 2.45) is 0 Å². The van der Waals surface area contributed by atoms with Gasteiger partial charge in [0.05, 0.1) is 20.3 Å². The van der Waals surface area contributed by atoms with E-state index >= 15 is 0 Å². The molecule has 0 saturated carbocycles. The van der Waals surface area contributed by atoms with Gasteiger partial charge in [0.15, 0.2) is 11.5 Å². The molecule has 3 nitrogen and oxygen atoms in total. The molecule has 1 rings (SSSR count). The fourth-order valence-electron chi connectivity index (χ4n) is 1.64. The first-order valence-corrected chi connectivity index (χ1v) is 6.02. The minimum Gasteiger partial charge on any atom is -0.493 e. The van der Waals surface area contributed by atoms with E-state index in [0.717, 1.165) is 16.5 Å². The van der Waals surface area contributed by atoms with Gasteiger partial charge in [-0.15, -0.1) is 0 Å². The van der Waals surface area contributed by atoms with Crippen LogP contribution in [0.25, 0.3) is 0 Å². The molecule has 4 heteroatoms. The molecule has 0 saturated heterocycles. The van der Waals surface area contributed by atoms with E-state index < -0.39 is 6.10 Å². The third-order valence-corrected chi connectivity index (χ3v) is 2.85. The Hall–Kier alpha value is -0.740. The molecule has 16 heavy (non-hydrogen) atoms. The Morgan fingerprint density at radius 3 is 2.50 bits per heavy atom. The van der Waals surface area contributed by atoms with Crippen LogP contribution in [-0.4, -0.2) is 19.3 Å². The molecular formula is C12H17BrO3. The SMILES string of the molecule is CCCC(O)c1cc(Br)cc(OC)c1OC. The van der Waals surface area contributed by atoms with Crippen LogP contribution < -0.4 is 9.47 Å². The number of hydrogen-bond donors (Lipinski definition) is 1. The Labute approximate surface area is 105 Å². The van der Waals surface area contributed by atoms with E-state index in [0.29, 0.717) is 17.9 Å². The van der Waals surface area contributed by atoms with Crippen LogP contribution >= 0.6 is 15.9 Å². The largest absolute Gasteiger partial charge is 0.493 e. The van der Waals surface area contributed by atoms with Crippen LogP contribution in [0, 0.1) is 0 Å². The average molecular weight is 289 g/mol. The standard InChI is InChI=1S/C12H17BrO3/c1-4-5-10(14)9-6-8(13)7-11(15-2)12(9)16-3/h6-7,10,14H,4-5H2,1-3H3. The van der Waals surface area contributed by atoms with Crippen molar-refractivity contribution in [3.05, 3.63) is 22.2 Å². The summed E-state index contributed by atoms with van der Waals surface area (Å²) in [7, 11) is 3.16. The summed E-state index contributed by atoms with van der Waals surface area (Å²) in [6.07, 6.45) is 1.10. The Morgan fingerprint density at radius 1 is 1.31 bits per heavy atom. The topological polar surface area (TPSA) is 38.7 Å². The van der Waals surface area contributed by atoms with E-state index in [1.807, 2.05) is 19.1 Å². The highest BCUT2D eigenvalue weighted by atomic mass is 79.9. The van der Waals surface area contributed by atoms with Crippen molar-refractivity contribution in [2.75, 3.05) is 14.2 Å². The van der Waals surface area contributed by atoms with Crippen LogP contribution in [0.3, 0.4) is 0 Å². The number of benzene rings is 1. The van der Waals surface area contributed by atoms with Crippen LogP contribution in [-0.2, 0) is 0 Å². The molecule has 1 aromatic rings. The first-order valence-electron chi connectivity index (χ1n) is 5.23. The van der Waals surface area contributed by atoms with Gasteiger partial charge in [-0.25, -0.2) is 0 Å². The van der Waals surface area contributed by atoms with Gasteiger partial charge in [0, 0.05) is 10.0 Å². The third kappa shape index (κ3) is 2.89. The molecule has 0 fully saturated rings. The molecule has 0 bridgehead atoms. The van der Waals surface area contributed by atoms with Gasteiger partial charge in [0.25, 0.3) is 0 Å². The van der Waals surface area contributed by atoms with Gasteiger partial charge in [-0.05, 0) is 18.6 Å². The molecule has 1 aromatic carbocycles. The molecule has 0 radical (unpaired) electrons. The van der Waals surface area contributed by atoms with Gasteiger partial charge in [0.2, 0.25) is 0 Å². The van der Waals surface area contributed by atoms with Crippen molar-refractivity contribution in [3.8, 4) is 11.5 Å². The molecule has 1 atom stereocenters. The van der Waals surface area contributed by atoms with E-state index in [9.17, 15) is 5.11 Å². The zero-order valence-electron chi connectivity index (χ0n) is 9.79. The first-order chi connectivity index (χ1) is 7.63. The predicted molar refractivity (Wildman–Crippen MR) is 67.1 cm³/mol. The zero-order valence-corrected chi connectivity index (χ0v) is 11.4. The number of halogens is 1. The van der Waals surface area contributed by atoms with Crippen LogP contribution in [0.4, 0.5) is 0 Å². The second-order valence-electron chi connectivity index (χ2n) is 3.53. The first kappa shape index (κ1) is 13.3. The second kappa shape index (κ2) is 6.11. The lowest BCUT2D eigenvalue weighted by molar-refractivity contribution is 0.161. The van der Waals surface area contributed by atoms with Crippen molar-refractivity contribution in [2.45, 2.75) is 25.9 Å². The van der Waals surface area contributed by atoms with Crippen LogP contribution in [0.2, 0.25) is 0 Å². The highest BCUT2D eigenvalue weighted by molar-refractivity contribution is 9.10. The van der Waals surface area contributed by atoms with Crippen molar-refractivity contribution >= 4 is 15.9 Å². The van der Waals surface area contributed by atoms with Gasteiger partial charge in [-0.2, -0.15) is 0 Å². The van der Waals surface area contributed by atoms with Crippen molar-refractivity contribution in [1.82, 2.24) is 0 Å². The summed E-state index contributed by atoms with van der Waals surface area (Å²) < 4.78 is 11.4. The highest BCUT2D eigenvalue weighted by Gasteiger charge is 2.17. The monoisotopic (exact) mass is 288 g/mol. The number of methoxy groups -OCH3 is 2. The van der Waals surface area contributed by atoms with Gasteiger partial charge < -0.3 is 14.6 Å². The van der Waals surface area contributed by atoms with Crippen LogP contribution in [0.15, 0.2) is 16.6 Å². The molecule has 0 aliphatic rings. The second-order valence-corrected chi connectivity index (χ2v) is 4.45. The van der Waals surface area contributed by atoms with Gasteiger partial charge in [-0.1, -0.05) is 29.3 Å². The van der Waals surface area contributed by atoms with E-state index in [1.165, 1.54) is 0 Å². The summed E-state index contributed by atoms with van der Waals surface area (Å²) in [6.45, 7) is 2.03. The quantitative estimate of drug-likeness (QED) is 0.904. The Bertz CT molecular complexity index is 352. The number of hydrogen-bond acceptors (Lipinski definition) is 3. The van der Waals surface area contributed by atoms with Crippen LogP contribution in [0.5, 0.6) is 11.5 Å². The number of ether oxygens (including phenoxy) is 2. The molecular weight excluding hydrogens is 272 g/mol. The molecule has 90 valence electrons. The summed E-state index contributed by atoms with van der Waals surface area (Å²) in [5.74, 6) is 1.23. The van der Waals surface area contributed by atoms with E-state index in [2.05, 4.69) is 15.9 Å². The average Bonchev–Trinajstić information content (AvgIpc) is 2.28. The Morgan fingerprint density at radius 2 is 2.00 bits per heavy atom. The number of aliphatic hydroxyl groups is 1. The summed E-state index contributed by atoms with van der Waals surface area (Å²) in [5, 5.41) is 10.0. The fraction of sp³-hybridized carbons (Fsp3) is 0.500. The molecule has 0 heterocycles. The molecule has 0 spiro atoms. The summed E-state index contributed by atoms with van der Waals surface area (Å²) >= 11 is 3.39. The van der Waals surface area contributed by atoms with E-state index in [4.69, 9.17) is 9.47 Å². The maximum absolute atomic E-state index is 10.0. The fourth-order valence-corrected chi connectivity index (χ4v) is 2.09. The predicted octanol–water partition coefficient (Wildman–Crippen LogP) is 3.30. The number of aliphatic hydroxyl groups excluding tert-OH is 1. The summed E-state index contributed by atoms with van der Waals surface area (Å²) in [4.78, 5) is 0. The lowest BCUT2D eigenvalue weighted by Crippen LogP contribution is -2.02.